The van der Waals surface area contributed by atoms with E-state index in [4.69, 9.17) is 23.7 Å². The van der Waals surface area contributed by atoms with E-state index >= 15 is 0 Å². The Hall–Kier alpha value is -7.34. The van der Waals surface area contributed by atoms with Gasteiger partial charge in [0.25, 0.3) is 0 Å². The molecule has 4 atom stereocenters. The van der Waals surface area contributed by atoms with Crippen LogP contribution in [-0.2, 0) is 32.7 Å². The van der Waals surface area contributed by atoms with E-state index in [9.17, 15) is 30.6 Å². The molecule has 0 fully saturated rings. The summed E-state index contributed by atoms with van der Waals surface area (Å²) in [4.78, 5) is 0. The lowest BCUT2D eigenvalue weighted by atomic mass is 9.83. The van der Waals surface area contributed by atoms with E-state index in [1.54, 1.807) is 6.92 Å². The molecule has 7 aromatic carbocycles. The minimum Gasteiger partial charge on any atom is -0.508 e. The Morgan fingerprint density at radius 3 is 1.49 bits per heavy atom. The first-order valence-electron chi connectivity index (χ1n) is 22.3. The van der Waals surface area contributed by atoms with Gasteiger partial charge in [0.15, 0.2) is 35.2 Å². The molecule has 0 bridgehead atoms. The number of aliphatic hydroxyl groups is 2. The van der Waals surface area contributed by atoms with Crippen molar-refractivity contribution in [3.8, 4) is 51.7 Å². The topological polar surface area (TPSA) is 168 Å². The van der Waals surface area contributed by atoms with Crippen molar-refractivity contribution in [2.45, 2.75) is 90.7 Å². The first-order chi connectivity index (χ1) is 32.2. The second kappa shape index (κ2) is 20.9. The smallest absolute Gasteiger partial charge is 0.162 e. The molecule has 67 heavy (non-hydrogen) atoms. The molecule has 0 radical (unpaired) electrons. The van der Waals surface area contributed by atoms with Crippen molar-refractivity contribution in [3.63, 3.8) is 0 Å². The highest BCUT2D eigenvalue weighted by Gasteiger charge is 2.43. The molecule has 2 heterocycles. The fourth-order valence-corrected chi connectivity index (χ4v) is 8.15. The third kappa shape index (κ3) is 11.6. The Bertz CT molecular complexity index is 2740. The maximum atomic E-state index is 11.8. The highest BCUT2D eigenvalue weighted by Crippen LogP contribution is 2.48. The summed E-state index contributed by atoms with van der Waals surface area (Å²) in [5, 5.41) is 60.9. The predicted octanol–water partition coefficient (Wildman–Crippen LogP) is 11.4. The van der Waals surface area contributed by atoms with Gasteiger partial charge in [0.2, 0.25) is 0 Å². The van der Waals surface area contributed by atoms with E-state index in [2.05, 4.69) is 0 Å². The van der Waals surface area contributed by atoms with Gasteiger partial charge in [-0.25, -0.2) is 0 Å². The van der Waals surface area contributed by atoms with Crippen molar-refractivity contribution >= 4 is 0 Å². The molecule has 0 spiro atoms. The lowest BCUT2D eigenvalue weighted by Crippen LogP contribution is -2.42. The average molecular weight is 909 g/mol. The maximum absolute atomic E-state index is 11.8. The largest absolute Gasteiger partial charge is 0.508 e. The summed E-state index contributed by atoms with van der Waals surface area (Å²) in [5.41, 5.74) is 4.23. The Kier molecular flexibility index (Phi) is 14.8. The van der Waals surface area contributed by atoms with Gasteiger partial charge < -0.3 is 54.3 Å². The molecular formula is C56H60O11. The van der Waals surface area contributed by atoms with Gasteiger partial charge >= 0.3 is 0 Å². The van der Waals surface area contributed by atoms with Crippen LogP contribution < -0.4 is 23.7 Å². The number of ether oxygens (including phenoxy) is 5. The highest BCUT2D eigenvalue weighted by molar-refractivity contribution is 5.54. The van der Waals surface area contributed by atoms with E-state index < -0.39 is 23.4 Å². The molecule has 11 heteroatoms. The number of phenolic OH excluding ortho intramolecular Hbond substituents is 4. The van der Waals surface area contributed by atoms with Crippen molar-refractivity contribution in [3.05, 3.63) is 196 Å². The van der Waals surface area contributed by atoms with Crippen LogP contribution in [0.15, 0.2) is 152 Å². The number of aryl methyl sites for hydroxylation is 1. The zero-order valence-electron chi connectivity index (χ0n) is 38.3. The fraction of sp³-hybridized carbons (Fsp3) is 0.250. The Labute approximate surface area is 393 Å². The van der Waals surface area contributed by atoms with Crippen molar-refractivity contribution in [2.24, 2.45) is 0 Å². The van der Waals surface area contributed by atoms with E-state index in [-0.39, 0.29) is 36.6 Å². The molecule has 0 amide bonds. The molecule has 6 N–H and O–H groups in total. The molecular weight excluding hydrogens is 849 g/mol. The maximum Gasteiger partial charge on any atom is 0.162 e. The van der Waals surface area contributed by atoms with Crippen LogP contribution in [0.3, 0.4) is 0 Å². The van der Waals surface area contributed by atoms with Crippen LogP contribution in [0.2, 0.25) is 0 Å². The number of aromatic hydroxyl groups is 4. The van der Waals surface area contributed by atoms with Gasteiger partial charge in [0.1, 0.15) is 59.8 Å². The number of hydrogen-bond acceptors (Lipinski definition) is 11. The lowest BCUT2D eigenvalue weighted by molar-refractivity contribution is -0.0632. The number of fused-ring (bicyclic) bond motifs is 2. The fourth-order valence-electron chi connectivity index (χ4n) is 8.15. The van der Waals surface area contributed by atoms with Crippen LogP contribution in [0, 0.1) is 6.92 Å². The second-order valence-electron chi connectivity index (χ2n) is 17.0. The number of hydrogen-bond donors (Lipinski definition) is 6. The summed E-state index contributed by atoms with van der Waals surface area (Å²) in [5.74, 6) is 2.06. The van der Waals surface area contributed by atoms with Gasteiger partial charge in [0, 0.05) is 37.5 Å². The van der Waals surface area contributed by atoms with Crippen molar-refractivity contribution in [2.75, 3.05) is 0 Å². The SMILES string of the molecule is CC.C[C@@]1(O)Cc2c(O)cc(O)cc2O[C@@H]1c1ccc(O)c(O)c1.Cc1cc(OCc2ccccc2)c2c(c1)O[C@H](c1ccc(OCc3ccccc3)c(OCc3ccccc3)c1)[C@](C)(O)C2.[HH]. The average Bonchev–Trinajstić information content (AvgIpc) is 3.32. The quantitative estimate of drug-likeness (QED) is 0.0684. The normalized spacial score (nSPS) is 19.0. The van der Waals surface area contributed by atoms with E-state index in [0.717, 1.165) is 44.9 Å². The summed E-state index contributed by atoms with van der Waals surface area (Å²) >= 11 is 0. The monoisotopic (exact) mass is 908 g/mol. The van der Waals surface area contributed by atoms with Crippen LogP contribution >= 0.6 is 0 Å². The number of phenols is 4. The molecule has 11 nitrogen and oxygen atoms in total. The third-order valence-corrected chi connectivity index (χ3v) is 11.5. The summed E-state index contributed by atoms with van der Waals surface area (Å²) in [6, 6.07) is 46.6. The molecule has 0 unspecified atom stereocenters. The van der Waals surface area contributed by atoms with Crippen LogP contribution in [0.5, 0.6) is 51.7 Å². The van der Waals surface area contributed by atoms with Gasteiger partial charge in [-0.05, 0) is 90.6 Å². The Balaban J connectivity index is 0.000000256. The Morgan fingerprint density at radius 1 is 0.493 bits per heavy atom. The predicted molar refractivity (Wildman–Crippen MR) is 258 cm³/mol. The van der Waals surface area contributed by atoms with E-state index in [0.29, 0.717) is 48.9 Å². The van der Waals surface area contributed by atoms with Crippen molar-refractivity contribution in [1.29, 1.82) is 0 Å². The first-order valence-corrected chi connectivity index (χ1v) is 22.3. The van der Waals surface area contributed by atoms with E-state index in [1.807, 2.05) is 149 Å². The Morgan fingerprint density at radius 2 is 0.955 bits per heavy atom. The molecule has 2 aliphatic rings. The summed E-state index contributed by atoms with van der Waals surface area (Å²) in [6.07, 6.45) is -0.955. The van der Waals surface area contributed by atoms with Crippen LogP contribution in [0.4, 0.5) is 0 Å². The van der Waals surface area contributed by atoms with Gasteiger partial charge in [-0.1, -0.05) is 117 Å². The van der Waals surface area contributed by atoms with Crippen LogP contribution in [-0.4, -0.2) is 41.8 Å². The highest BCUT2D eigenvalue weighted by atomic mass is 16.5. The van der Waals surface area contributed by atoms with Crippen LogP contribution in [0.1, 0.15) is 85.8 Å². The molecule has 350 valence electrons. The van der Waals surface area contributed by atoms with Gasteiger partial charge in [-0.3, -0.25) is 0 Å². The molecule has 2 aliphatic heterocycles. The molecule has 0 saturated heterocycles. The lowest BCUT2D eigenvalue weighted by Gasteiger charge is -2.39. The summed E-state index contributed by atoms with van der Waals surface area (Å²) in [6.45, 7) is 10.6. The molecule has 9 rings (SSSR count). The van der Waals surface area contributed by atoms with Crippen LogP contribution in [0.25, 0.3) is 0 Å². The minimum atomic E-state index is -1.34. The second-order valence-corrected chi connectivity index (χ2v) is 17.0. The zero-order chi connectivity index (χ0) is 47.7. The van der Waals surface area contributed by atoms with Crippen molar-refractivity contribution < 1.29 is 55.8 Å². The minimum absolute atomic E-state index is 0. The van der Waals surface area contributed by atoms with Gasteiger partial charge in [0.05, 0.1) is 0 Å². The molecule has 0 aromatic heterocycles. The first kappa shape index (κ1) is 47.6. The van der Waals surface area contributed by atoms with Gasteiger partial charge in [-0.2, -0.15) is 0 Å². The summed E-state index contributed by atoms with van der Waals surface area (Å²) < 4.78 is 31.1. The zero-order valence-corrected chi connectivity index (χ0v) is 38.3. The third-order valence-electron chi connectivity index (χ3n) is 11.5. The molecule has 7 aromatic rings. The van der Waals surface area contributed by atoms with E-state index in [1.165, 1.54) is 30.3 Å². The molecule has 0 saturated carbocycles. The standard InChI is InChI=1S/C38H36O5.C16H16O6.C2H6.H2/c1-27-20-34(41-25-29-14-8-4-9-15-29)32-23-38(2,39)37(43-35(32)21-27)31-18-19-33(40-24-28-12-6-3-7-13-28)36(22-31)42-26-30-16-10-5-11-17-30;1-16(21)7-10-12(19)5-9(17)6-14(10)22-15(16)8-2-3-11(18)13(20)4-8;1-2;/h3-22,37,39H,23-26H2,1-2H3;2-6,15,17-21H,7H2,1H3;1-2H3;1H/t37-,38-;15-,16-;;/m11../s1. The van der Waals surface area contributed by atoms with Gasteiger partial charge in [-0.15, -0.1) is 0 Å². The number of rotatable bonds is 11. The molecule has 0 aliphatic carbocycles. The number of benzene rings is 7. The van der Waals surface area contributed by atoms with Crippen molar-refractivity contribution in [1.82, 2.24) is 0 Å². The summed E-state index contributed by atoms with van der Waals surface area (Å²) in [7, 11) is 0.